The van der Waals surface area contributed by atoms with Crippen LogP contribution in [0, 0.1) is 13.8 Å². The first-order valence-electron chi connectivity index (χ1n) is 11.1. The van der Waals surface area contributed by atoms with Gasteiger partial charge in [0, 0.05) is 6.42 Å². The molecule has 0 fully saturated rings. The van der Waals surface area contributed by atoms with Crippen LogP contribution in [0.25, 0.3) is 16.6 Å². The molecule has 0 saturated heterocycles. The molecule has 4 aromatic rings. The zero-order chi connectivity index (χ0) is 24.9. The third kappa shape index (κ3) is 5.60. The SMILES string of the molecule is Cc1ccc(-n2c(SCC(=O)N[C@H](Cc3ccccc3)C(=O)O)nc3ccccc3c2=O)cc1C. The highest BCUT2D eigenvalue weighted by molar-refractivity contribution is 7.99. The van der Waals surface area contributed by atoms with Crippen LogP contribution in [-0.4, -0.2) is 38.3 Å². The van der Waals surface area contributed by atoms with Gasteiger partial charge in [0.15, 0.2) is 5.16 Å². The zero-order valence-electron chi connectivity index (χ0n) is 19.4. The van der Waals surface area contributed by atoms with Crippen molar-refractivity contribution < 1.29 is 14.7 Å². The molecule has 7 nitrogen and oxygen atoms in total. The second kappa shape index (κ2) is 10.6. The largest absolute Gasteiger partial charge is 0.480 e. The van der Waals surface area contributed by atoms with Gasteiger partial charge in [-0.2, -0.15) is 0 Å². The Kier molecular flexibility index (Phi) is 7.31. The summed E-state index contributed by atoms with van der Waals surface area (Å²) in [7, 11) is 0. The van der Waals surface area contributed by atoms with Gasteiger partial charge in [-0.25, -0.2) is 9.78 Å². The molecule has 0 aliphatic carbocycles. The van der Waals surface area contributed by atoms with Crippen LogP contribution in [0.15, 0.2) is 82.7 Å². The average molecular weight is 488 g/mol. The first kappa shape index (κ1) is 24.2. The Hall–Kier alpha value is -3.91. The van der Waals surface area contributed by atoms with Gasteiger partial charge < -0.3 is 10.4 Å². The van der Waals surface area contributed by atoms with Gasteiger partial charge in [-0.1, -0.05) is 60.3 Å². The van der Waals surface area contributed by atoms with Gasteiger partial charge in [0.05, 0.1) is 22.3 Å². The van der Waals surface area contributed by atoms with Crippen LogP contribution < -0.4 is 10.9 Å². The lowest BCUT2D eigenvalue weighted by atomic mass is 10.1. The van der Waals surface area contributed by atoms with E-state index in [0.717, 1.165) is 28.5 Å². The highest BCUT2D eigenvalue weighted by Crippen LogP contribution is 2.22. The summed E-state index contributed by atoms with van der Waals surface area (Å²) >= 11 is 1.10. The van der Waals surface area contributed by atoms with Crippen molar-refractivity contribution in [2.75, 3.05) is 5.75 Å². The number of rotatable bonds is 8. The number of aliphatic carboxylic acids is 1. The minimum absolute atomic E-state index is 0.0891. The second-order valence-corrected chi connectivity index (χ2v) is 9.20. The lowest BCUT2D eigenvalue weighted by Gasteiger charge is -2.16. The number of benzene rings is 3. The monoisotopic (exact) mass is 487 g/mol. The van der Waals surface area contributed by atoms with Crippen LogP contribution >= 0.6 is 11.8 Å². The number of amides is 1. The smallest absolute Gasteiger partial charge is 0.326 e. The summed E-state index contributed by atoms with van der Waals surface area (Å²) < 4.78 is 1.51. The number of fused-ring (bicyclic) bond motifs is 1. The zero-order valence-corrected chi connectivity index (χ0v) is 20.2. The minimum atomic E-state index is -1.11. The Morgan fingerprint density at radius 3 is 2.43 bits per heavy atom. The van der Waals surface area contributed by atoms with Crippen molar-refractivity contribution in [3.63, 3.8) is 0 Å². The highest BCUT2D eigenvalue weighted by Gasteiger charge is 2.21. The van der Waals surface area contributed by atoms with E-state index in [1.54, 1.807) is 24.3 Å². The minimum Gasteiger partial charge on any atom is -0.480 e. The van der Waals surface area contributed by atoms with Crippen molar-refractivity contribution in [1.29, 1.82) is 0 Å². The molecule has 1 heterocycles. The van der Waals surface area contributed by atoms with Gasteiger partial charge in [-0.15, -0.1) is 0 Å². The van der Waals surface area contributed by atoms with Gasteiger partial charge in [0.25, 0.3) is 5.56 Å². The van der Waals surface area contributed by atoms with Gasteiger partial charge >= 0.3 is 5.97 Å². The summed E-state index contributed by atoms with van der Waals surface area (Å²) in [6.45, 7) is 3.96. The van der Waals surface area contributed by atoms with Crippen LogP contribution in [0.2, 0.25) is 0 Å². The molecule has 0 spiro atoms. The Bertz CT molecular complexity index is 1450. The molecule has 4 rings (SSSR count). The first-order chi connectivity index (χ1) is 16.8. The molecule has 0 bridgehead atoms. The van der Waals surface area contributed by atoms with E-state index in [-0.39, 0.29) is 17.7 Å². The number of thioether (sulfide) groups is 1. The number of carboxylic acid groups (broad SMARTS) is 1. The van der Waals surface area contributed by atoms with Crippen molar-refractivity contribution in [3.05, 3.63) is 99.8 Å². The first-order valence-corrected chi connectivity index (χ1v) is 12.1. The van der Waals surface area contributed by atoms with Crippen molar-refractivity contribution in [2.45, 2.75) is 31.5 Å². The van der Waals surface area contributed by atoms with E-state index in [4.69, 9.17) is 0 Å². The number of nitrogens with zero attached hydrogens (tertiary/aromatic N) is 2. The molecule has 35 heavy (non-hydrogen) atoms. The van der Waals surface area contributed by atoms with Crippen molar-refractivity contribution >= 4 is 34.5 Å². The van der Waals surface area contributed by atoms with Crippen LogP contribution in [0.4, 0.5) is 0 Å². The Balaban J connectivity index is 1.60. The molecule has 1 aromatic heterocycles. The number of aromatic nitrogens is 2. The van der Waals surface area contributed by atoms with Crippen LogP contribution in [0.3, 0.4) is 0 Å². The number of nitrogens with one attached hydrogen (secondary N) is 1. The maximum absolute atomic E-state index is 13.4. The lowest BCUT2D eigenvalue weighted by molar-refractivity contribution is -0.141. The quantitative estimate of drug-likeness (QED) is 0.289. The third-order valence-corrected chi connectivity index (χ3v) is 6.68. The van der Waals surface area contributed by atoms with Crippen LogP contribution in [0.5, 0.6) is 0 Å². The van der Waals surface area contributed by atoms with Gasteiger partial charge in [0.1, 0.15) is 6.04 Å². The Morgan fingerprint density at radius 2 is 1.71 bits per heavy atom. The van der Waals surface area contributed by atoms with E-state index in [1.807, 2.05) is 62.4 Å². The van der Waals surface area contributed by atoms with E-state index >= 15 is 0 Å². The standard InChI is InChI=1S/C27H25N3O4S/c1-17-12-13-20(14-18(17)2)30-25(32)21-10-6-7-11-22(21)29-27(30)35-16-24(31)28-23(26(33)34)15-19-8-4-3-5-9-19/h3-14,23H,15-16H2,1-2H3,(H,28,31)(H,33,34)/t23-/m1/s1. The molecular weight excluding hydrogens is 462 g/mol. The summed E-state index contributed by atoms with van der Waals surface area (Å²) in [6, 6.07) is 20.8. The second-order valence-electron chi connectivity index (χ2n) is 8.26. The molecule has 1 atom stereocenters. The summed E-state index contributed by atoms with van der Waals surface area (Å²) in [4.78, 5) is 42.5. The number of hydrogen-bond donors (Lipinski definition) is 2. The fourth-order valence-electron chi connectivity index (χ4n) is 3.72. The molecule has 2 N–H and O–H groups in total. The summed E-state index contributed by atoms with van der Waals surface area (Å²) in [5, 5.41) is 13.0. The van der Waals surface area contributed by atoms with Crippen LogP contribution in [0.1, 0.15) is 16.7 Å². The molecule has 0 unspecified atom stereocenters. The number of carboxylic acids is 1. The summed E-state index contributed by atoms with van der Waals surface area (Å²) in [5.41, 5.74) is 3.91. The molecule has 0 aliphatic rings. The molecule has 0 radical (unpaired) electrons. The number of carbonyl (C=O) groups is 2. The van der Waals surface area contributed by atoms with E-state index < -0.39 is 17.9 Å². The molecule has 1 amide bonds. The summed E-state index contributed by atoms with van der Waals surface area (Å²) in [6.07, 6.45) is 0.175. The van der Waals surface area contributed by atoms with Gasteiger partial charge in [-0.3, -0.25) is 14.2 Å². The molecule has 0 saturated carbocycles. The Labute approximate surface area is 206 Å². The topological polar surface area (TPSA) is 101 Å². The predicted molar refractivity (Wildman–Crippen MR) is 137 cm³/mol. The van der Waals surface area contributed by atoms with Gasteiger partial charge in [-0.05, 0) is 54.8 Å². The van der Waals surface area contributed by atoms with Crippen molar-refractivity contribution in [3.8, 4) is 5.69 Å². The molecular formula is C27H25N3O4S. The maximum Gasteiger partial charge on any atom is 0.326 e. The van der Waals surface area contributed by atoms with Crippen molar-refractivity contribution in [1.82, 2.24) is 14.9 Å². The molecule has 0 aliphatic heterocycles. The fraction of sp³-hybridized carbons (Fsp3) is 0.185. The number of hydrogen-bond acceptors (Lipinski definition) is 5. The highest BCUT2D eigenvalue weighted by atomic mass is 32.2. The van der Waals surface area contributed by atoms with Crippen LogP contribution in [-0.2, 0) is 16.0 Å². The number of para-hydroxylation sites is 1. The fourth-order valence-corrected chi connectivity index (χ4v) is 4.54. The molecule has 178 valence electrons. The van der Waals surface area contributed by atoms with E-state index in [9.17, 15) is 19.5 Å². The average Bonchev–Trinajstić information content (AvgIpc) is 2.85. The number of aryl methyl sites for hydroxylation is 2. The van der Waals surface area contributed by atoms with Gasteiger partial charge in [0.2, 0.25) is 5.91 Å². The third-order valence-electron chi connectivity index (χ3n) is 5.74. The predicted octanol–water partition coefficient (Wildman–Crippen LogP) is 3.91. The number of carbonyl (C=O) groups excluding carboxylic acids is 1. The summed E-state index contributed by atoms with van der Waals surface area (Å²) in [5.74, 6) is -1.65. The lowest BCUT2D eigenvalue weighted by Crippen LogP contribution is -2.43. The van der Waals surface area contributed by atoms with E-state index in [1.165, 1.54) is 4.57 Å². The maximum atomic E-state index is 13.4. The molecule has 8 heteroatoms. The Morgan fingerprint density at radius 1 is 1.00 bits per heavy atom. The molecule has 3 aromatic carbocycles. The van der Waals surface area contributed by atoms with E-state index in [0.29, 0.717) is 21.7 Å². The normalized spacial score (nSPS) is 11.8. The van der Waals surface area contributed by atoms with E-state index in [2.05, 4.69) is 10.3 Å². The van der Waals surface area contributed by atoms with Crippen molar-refractivity contribution in [2.24, 2.45) is 0 Å².